The van der Waals surface area contributed by atoms with Crippen LogP contribution in [0, 0.1) is 0 Å². The van der Waals surface area contributed by atoms with E-state index >= 15 is 0 Å². The average Bonchev–Trinajstić information content (AvgIpc) is 2.35. The lowest BCUT2D eigenvalue weighted by molar-refractivity contribution is 0.232. The van der Waals surface area contributed by atoms with Gasteiger partial charge < -0.3 is 10.9 Å². The molecule has 2 unspecified atom stereocenters. The summed E-state index contributed by atoms with van der Waals surface area (Å²) in [5, 5.41) is 12.4. The molecular formula is C12H18ClN3O. The van der Waals surface area contributed by atoms with Crippen molar-refractivity contribution in [1.82, 2.24) is 4.90 Å². The van der Waals surface area contributed by atoms with Gasteiger partial charge in [0.1, 0.15) is 0 Å². The number of halogens is 1. The molecule has 0 heterocycles. The fraction of sp³-hybridized carbons (Fsp3) is 0.417. The normalized spacial score (nSPS) is 15.9. The number of nitrogens with two attached hydrogens (primary N) is 1. The van der Waals surface area contributed by atoms with E-state index in [0.717, 1.165) is 10.6 Å². The van der Waals surface area contributed by atoms with E-state index in [4.69, 9.17) is 22.5 Å². The highest BCUT2D eigenvalue weighted by Crippen LogP contribution is 2.27. The van der Waals surface area contributed by atoms with Crippen LogP contribution in [0.15, 0.2) is 29.4 Å². The summed E-state index contributed by atoms with van der Waals surface area (Å²) in [7, 11) is 1.91. The number of amidine groups is 1. The highest BCUT2D eigenvalue weighted by atomic mass is 35.5. The molecule has 0 aliphatic carbocycles. The van der Waals surface area contributed by atoms with Gasteiger partial charge in [0.15, 0.2) is 5.84 Å². The molecule has 17 heavy (non-hydrogen) atoms. The number of hydrogen-bond acceptors (Lipinski definition) is 3. The predicted octanol–water partition coefficient (Wildman–Crippen LogP) is 2.47. The van der Waals surface area contributed by atoms with Crippen LogP contribution in [0.25, 0.3) is 0 Å². The zero-order valence-corrected chi connectivity index (χ0v) is 11.0. The quantitative estimate of drug-likeness (QED) is 0.376. The van der Waals surface area contributed by atoms with Crippen molar-refractivity contribution in [2.45, 2.75) is 25.9 Å². The summed E-state index contributed by atoms with van der Waals surface area (Å²) < 4.78 is 0. The van der Waals surface area contributed by atoms with Crippen molar-refractivity contribution in [2.24, 2.45) is 10.9 Å². The molecule has 0 fully saturated rings. The first-order valence-corrected chi connectivity index (χ1v) is 5.80. The average molecular weight is 256 g/mol. The Hall–Kier alpha value is -1.26. The molecular weight excluding hydrogens is 238 g/mol. The first-order chi connectivity index (χ1) is 7.99. The van der Waals surface area contributed by atoms with Crippen LogP contribution in [0.3, 0.4) is 0 Å². The second-order valence-corrected chi connectivity index (χ2v) is 4.47. The topological polar surface area (TPSA) is 61.9 Å². The highest BCUT2D eigenvalue weighted by molar-refractivity contribution is 6.31. The van der Waals surface area contributed by atoms with Gasteiger partial charge in [-0.3, -0.25) is 4.90 Å². The maximum absolute atomic E-state index is 8.67. The van der Waals surface area contributed by atoms with Crippen molar-refractivity contribution in [3.05, 3.63) is 34.9 Å². The Labute approximate surface area is 107 Å². The molecule has 1 rings (SSSR count). The summed E-state index contributed by atoms with van der Waals surface area (Å²) in [5.74, 6) is 0.186. The van der Waals surface area contributed by atoms with Gasteiger partial charge in [-0.15, -0.1) is 0 Å². The molecule has 0 amide bonds. The second-order valence-electron chi connectivity index (χ2n) is 4.06. The molecule has 0 spiro atoms. The highest BCUT2D eigenvalue weighted by Gasteiger charge is 2.21. The van der Waals surface area contributed by atoms with Gasteiger partial charge in [0.05, 0.1) is 6.04 Å². The zero-order valence-electron chi connectivity index (χ0n) is 10.3. The van der Waals surface area contributed by atoms with Crippen LogP contribution in [0.2, 0.25) is 5.02 Å². The monoisotopic (exact) mass is 255 g/mol. The molecule has 0 aromatic heterocycles. The largest absolute Gasteiger partial charge is 0.409 e. The first kappa shape index (κ1) is 13.8. The van der Waals surface area contributed by atoms with Gasteiger partial charge in [-0.25, -0.2) is 0 Å². The van der Waals surface area contributed by atoms with Gasteiger partial charge in [-0.05, 0) is 32.5 Å². The molecule has 0 radical (unpaired) electrons. The Bertz CT molecular complexity index is 408. The molecule has 0 aliphatic heterocycles. The Morgan fingerprint density at radius 2 is 2.00 bits per heavy atom. The Kier molecular flexibility index (Phi) is 4.78. The molecule has 1 aromatic carbocycles. The van der Waals surface area contributed by atoms with Crippen LogP contribution in [0.1, 0.15) is 25.5 Å². The molecule has 2 atom stereocenters. The third kappa shape index (κ3) is 3.11. The van der Waals surface area contributed by atoms with E-state index in [2.05, 4.69) is 5.16 Å². The molecule has 5 heteroatoms. The predicted molar refractivity (Wildman–Crippen MR) is 70.5 cm³/mol. The van der Waals surface area contributed by atoms with Crippen molar-refractivity contribution in [2.75, 3.05) is 7.05 Å². The van der Waals surface area contributed by atoms with E-state index in [9.17, 15) is 0 Å². The number of nitrogens with zero attached hydrogens (tertiary/aromatic N) is 2. The molecule has 0 bridgehead atoms. The van der Waals surface area contributed by atoms with Crippen LogP contribution >= 0.6 is 11.6 Å². The molecule has 1 aromatic rings. The van der Waals surface area contributed by atoms with Gasteiger partial charge in [-0.2, -0.15) is 0 Å². The SMILES string of the molecule is CC(C(N)=NO)N(C)C(C)c1ccccc1Cl. The van der Waals surface area contributed by atoms with Gasteiger partial charge in [0.2, 0.25) is 0 Å². The van der Waals surface area contributed by atoms with Gasteiger partial charge >= 0.3 is 0 Å². The fourth-order valence-corrected chi connectivity index (χ4v) is 1.95. The summed E-state index contributed by atoms with van der Waals surface area (Å²) >= 11 is 6.14. The van der Waals surface area contributed by atoms with Crippen molar-refractivity contribution >= 4 is 17.4 Å². The van der Waals surface area contributed by atoms with E-state index in [1.54, 1.807) is 0 Å². The molecule has 0 saturated carbocycles. The minimum Gasteiger partial charge on any atom is -0.409 e. The lowest BCUT2D eigenvalue weighted by Gasteiger charge is -2.30. The molecule has 94 valence electrons. The number of oxime groups is 1. The molecule has 0 aliphatic rings. The maximum Gasteiger partial charge on any atom is 0.156 e. The van der Waals surface area contributed by atoms with E-state index in [1.165, 1.54) is 0 Å². The lowest BCUT2D eigenvalue weighted by atomic mass is 10.1. The number of hydrogen-bond donors (Lipinski definition) is 2. The lowest BCUT2D eigenvalue weighted by Crippen LogP contribution is -2.41. The summed E-state index contributed by atoms with van der Waals surface area (Å²) in [6.07, 6.45) is 0. The number of rotatable bonds is 4. The smallest absolute Gasteiger partial charge is 0.156 e. The van der Waals surface area contributed by atoms with Gasteiger partial charge in [-0.1, -0.05) is 35.0 Å². The third-order valence-corrected chi connectivity index (χ3v) is 3.46. The van der Waals surface area contributed by atoms with Crippen molar-refractivity contribution in [3.8, 4) is 0 Å². The summed E-state index contributed by atoms with van der Waals surface area (Å²) in [4.78, 5) is 2.00. The van der Waals surface area contributed by atoms with Crippen LogP contribution < -0.4 is 5.73 Å². The minimum absolute atomic E-state index is 0.0824. The number of benzene rings is 1. The number of likely N-dealkylation sites (N-methyl/N-ethyl adjacent to an activating group) is 1. The van der Waals surface area contributed by atoms with Crippen molar-refractivity contribution in [3.63, 3.8) is 0 Å². The second kappa shape index (κ2) is 5.89. The first-order valence-electron chi connectivity index (χ1n) is 5.42. The summed E-state index contributed by atoms with van der Waals surface area (Å²) in [6.45, 7) is 3.91. The molecule has 3 N–H and O–H groups in total. The van der Waals surface area contributed by atoms with Gasteiger partial charge in [0, 0.05) is 11.1 Å². The standard InChI is InChI=1S/C12H18ClN3O/c1-8(10-6-4-5-7-11(10)13)16(3)9(2)12(14)15-17/h4-9,17H,1-3H3,(H2,14,15). The van der Waals surface area contributed by atoms with E-state index < -0.39 is 0 Å². The van der Waals surface area contributed by atoms with E-state index in [1.807, 2.05) is 50.1 Å². The zero-order chi connectivity index (χ0) is 13.0. The Morgan fingerprint density at radius 3 is 2.53 bits per heavy atom. The molecule has 0 saturated heterocycles. The Balaban J connectivity index is 2.90. The third-order valence-electron chi connectivity index (χ3n) is 3.12. The molecule has 4 nitrogen and oxygen atoms in total. The van der Waals surface area contributed by atoms with E-state index in [0.29, 0.717) is 0 Å². The van der Waals surface area contributed by atoms with Crippen molar-refractivity contribution in [1.29, 1.82) is 0 Å². The fourth-order valence-electron chi connectivity index (χ4n) is 1.66. The van der Waals surface area contributed by atoms with Gasteiger partial charge in [0.25, 0.3) is 0 Å². The Morgan fingerprint density at radius 1 is 1.41 bits per heavy atom. The minimum atomic E-state index is -0.161. The van der Waals surface area contributed by atoms with Crippen LogP contribution in [-0.2, 0) is 0 Å². The van der Waals surface area contributed by atoms with E-state index in [-0.39, 0.29) is 17.9 Å². The summed E-state index contributed by atoms with van der Waals surface area (Å²) in [5.41, 5.74) is 6.62. The van der Waals surface area contributed by atoms with Crippen LogP contribution in [-0.4, -0.2) is 29.0 Å². The maximum atomic E-state index is 8.67. The summed E-state index contributed by atoms with van der Waals surface area (Å²) in [6, 6.07) is 7.59. The van der Waals surface area contributed by atoms with Crippen LogP contribution in [0.4, 0.5) is 0 Å². The van der Waals surface area contributed by atoms with Crippen molar-refractivity contribution < 1.29 is 5.21 Å². The van der Waals surface area contributed by atoms with Crippen LogP contribution in [0.5, 0.6) is 0 Å².